The highest BCUT2D eigenvalue weighted by Crippen LogP contribution is 2.56. The van der Waals surface area contributed by atoms with Gasteiger partial charge in [0.25, 0.3) is 5.91 Å². The van der Waals surface area contributed by atoms with Gasteiger partial charge >= 0.3 is 0 Å². The van der Waals surface area contributed by atoms with Crippen molar-refractivity contribution in [2.45, 2.75) is 44.4 Å². The molecular weight excluding hydrogens is 548 g/mol. The van der Waals surface area contributed by atoms with Gasteiger partial charge in [0.15, 0.2) is 11.4 Å². The first-order chi connectivity index (χ1) is 19.6. The van der Waals surface area contributed by atoms with Crippen molar-refractivity contribution in [3.8, 4) is 5.75 Å². The van der Waals surface area contributed by atoms with E-state index in [1.54, 1.807) is 6.92 Å². The minimum atomic E-state index is -3.00. The van der Waals surface area contributed by atoms with E-state index in [-0.39, 0.29) is 17.8 Å². The Bertz CT molecular complexity index is 1470. The third kappa shape index (κ3) is 4.58. The molecule has 4 unspecified atom stereocenters. The topological polar surface area (TPSA) is 223 Å². The van der Waals surface area contributed by atoms with Crippen LogP contribution in [0.3, 0.4) is 0 Å². The summed E-state index contributed by atoms with van der Waals surface area (Å²) < 4.78 is 0. The fraction of sp³-hybridized carbons (Fsp3) is 0.448. The van der Waals surface area contributed by atoms with E-state index in [1.807, 2.05) is 19.9 Å². The lowest BCUT2D eigenvalue weighted by atomic mass is 9.54. The molecule has 0 saturated heterocycles. The van der Waals surface area contributed by atoms with Crippen LogP contribution in [-0.2, 0) is 19.2 Å². The van der Waals surface area contributed by atoms with Crippen molar-refractivity contribution in [2.75, 3.05) is 32.5 Å². The second kappa shape index (κ2) is 11.0. The Balaban J connectivity index is 1.83. The van der Waals surface area contributed by atoms with E-state index in [0.717, 1.165) is 5.57 Å². The fourth-order valence-electron chi connectivity index (χ4n) is 6.37. The number of ketones is 2. The van der Waals surface area contributed by atoms with Gasteiger partial charge in [-0.3, -0.25) is 24.1 Å². The average molecular weight is 585 g/mol. The standard InChI is InChI=1S/C29H36N4O9/c1-11(2)8-9-31-10-15(34)32-14-7-6-13-12(3)16-18(23(36)17(13)22(14)35)26(39)29(42)20(24(16)37)21(33(4)5)25(38)19(27(29)40)28(30)41/h6-8,12,16,20-21,24,31,35-37,40,42H,9-10H2,1-5H3,(H2,30,41)(H,32,34)/t12?,16?,20?,21-,24?,29-/m0/s1. The number of fused-ring (bicyclic) bond motifs is 3. The zero-order valence-electron chi connectivity index (χ0n) is 23.9. The lowest BCUT2D eigenvalue weighted by Gasteiger charge is -2.53. The number of phenolic OH excluding ortho intramolecular Hbond substituents is 1. The summed E-state index contributed by atoms with van der Waals surface area (Å²) in [6.07, 6.45) is 0.205. The number of carbonyl (C=O) groups is 4. The van der Waals surface area contributed by atoms with E-state index in [2.05, 4.69) is 10.6 Å². The Morgan fingerprint density at radius 1 is 1.14 bits per heavy atom. The van der Waals surface area contributed by atoms with Gasteiger partial charge in [-0.25, -0.2) is 0 Å². The number of carbonyl (C=O) groups excluding carboxylic acids is 4. The molecule has 4 rings (SSSR count). The number of nitrogens with one attached hydrogen (secondary N) is 2. The molecule has 226 valence electrons. The Labute approximate surface area is 242 Å². The fourth-order valence-corrected chi connectivity index (χ4v) is 6.37. The molecule has 0 radical (unpaired) electrons. The molecule has 0 heterocycles. The van der Waals surface area contributed by atoms with Gasteiger partial charge in [-0.2, -0.15) is 0 Å². The minimum Gasteiger partial charge on any atom is -0.508 e. The van der Waals surface area contributed by atoms with Gasteiger partial charge in [0.2, 0.25) is 11.7 Å². The third-order valence-corrected chi connectivity index (χ3v) is 8.34. The highest BCUT2D eigenvalue weighted by atomic mass is 16.4. The lowest BCUT2D eigenvalue weighted by Crippen LogP contribution is -2.70. The number of benzene rings is 1. The van der Waals surface area contributed by atoms with Crippen molar-refractivity contribution in [3.63, 3.8) is 0 Å². The van der Waals surface area contributed by atoms with Crippen molar-refractivity contribution < 1.29 is 44.7 Å². The molecule has 0 spiro atoms. The molecule has 13 nitrogen and oxygen atoms in total. The third-order valence-electron chi connectivity index (χ3n) is 8.34. The van der Waals surface area contributed by atoms with Crippen molar-refractivity contribution in [3.05, 3.63) is 51.8 Å². The van der Waals surface area contributed by atoms with Gasteiger partial charge in [-0.15, -0.1) is 0 Å². The number of rotatable bonds is 7. The number of likely N-dealkylation sites (N-methyl/N-ethyl adjacent to an activating group) is 1. The quantitative estimate of drug-likeness (QED) is 0.0921. The first-order valence-electron chi connectivity index (χ1n) is 13.4. The first-order valence-corrected chi connectivity index (χ1v) is 13.4. The normalized spacial score (nSPS) is 28.7. The molecule has 1 saturated carbocycles. The van der Waals surface area contributed by atoms with E-state index in [0.29, 0.717) is 12.1 Å². The number of amides is 2. The molecule has 1 aromatic carbocycles. The number of nitrogens with two attached hydrogens (primary N) is 1. The Morgan fingerprint density at radius 3 is 2.36 bits per heavy atom. The maximum Gasteiger partial charge on any atom is 0.255 e. The van der Waals surface area contributed by atoms with Crippen molar-refractivity contribution in [2.24, 2.45) is 17.6 Å². The van der Waals surface area contributed by atoms with Gasteiger partial charge in [-0.1, -0.05) is 24.6 Å². The van der Waals surface area contributed by atoms with Crippen LogP contribution in [0.25, 0.3) is 5.76 Å². The molecule has 0 aliphatic heterocycles. The lowest BCUT2D eigenvalue weighted by molar-refractivity contribution is -0.169. The van der Waals surface area contributed by atoms with Crippen LogP contribution in [0.4, 0.5) is 5.69 Å². The molecule has 0 bridgehead atoms. The number of anilines is 1. The molecule has 0 aromatic heterocycles. The van der Waals surface area contributed by atoms with Crippen LogP contribution in [0.2, 0.25) is 0 Å². The number of aliphatic hydroxyl groups is 4. The summed E-state index contributed by atoms with van der Waals surface area (Å²) in [4.78, 5) is 53.2. The van der Waals surface area contributed by atoms with Crippen LogP contribution in [-0.4, -0.2) is 98.7 Å². The van der Waals surface area contributed by atoms with Crippen LogP contribution in [0.5, 0.6) is 5.75 Å². The highest BCUT2D eigenvalue weighted by Gasteiger charge is 2.68. The first kappa shape index (κ1) is 30.9. The van der Waals surface area contributed by atoms with Crippen LogP contribution in [0.1, 0.15) is 37.8 Å². The van der Waals surface area contributed by atoms with Crippen LogP contribution in [0, 0.1) is 11.8 Å². The molecule has 1 fully saturated rings. The van der Waals surface area contributed by atoms with E-state index in [1.165, 1.54) is 31.1 Å². The molecule has 3 aliphatic rings. The Morgan fingerprint density at radius 2 is 1.79 bits per heavy atom. The number of primary amides is 1. The zero-order valence-corrected chi connectivity index (χ0v) is 23.9. The van der Waals surface area contributed by atoms with Gasteiger partial charge in [0, 0.05) is 18.0 Å². The summed E-state index contributed by atoms with van der Waals surface area (Å²) in [6.45, 7) is 5.82. The van der Waals surface area contributed by atoms with Crippen LogP contribution < -0.4 is 16.4 Å². The number of aromatic hydroxyl groups is 1. The van der Waals surface area contributed by atoms with Gasteiger partial charge in [-0.05, 0) is 45.5 Å². The van der Waals surface area contributed by atoms with E-state index in [4.69, 9.17) is 5.73 Å². The monoisotopic (exact) mass is 584 g/mol. The van der Waals surface area contributed by atoms with Crippen LogP contribution >= 0.6 is 0 Å². The Kier molecular flexibility index (Phi) is 8.08. The second-order valence-electron chi connectivity index (χ2n) is 11.4. The molecular formula is C29H36N4O9. The molecule has 9 N–H and O–H groups in total. The largest absolute Gasteiger partial charge is 0.508 e. The van der Waals surface area contributed by atoms with Gasteiger partial charge in [0.05, 0.1) is 35.9 Å². The molecule has 42 heavy (non-hydrogen) atoms. The van der Waals surface area contributed by atoms with Crippen molar-refractivity contribution in [1.29, 1.82) is 0 Å². The van der Waals surface area contributed by atoms with E-state index < -0.39 is 87.3 Å². The molecule has 3 aliphatic carbocycles. The molecule has 1 aromatic rings. The number of hydrogen-bond acceptors (Lipinski definition) is 11. The zero-order chi connectivity index (χ0) is 31.4. The smallest absolute Gasteiger partial charge is 0.255 e. The second-order valence-corrected chi connectivity index (χ2v) is 11.4. The molecule has 13 heteroatoms. The van der Waals surface area contributed by atoms with Crippen LogP contribution in [0.15, 0.2) is 40.7 Å². The maximum absolute atomic E-state index is 14.0. The van der Waals surface area contributed by atoms with Gasteiger partial charge < -0.3 is 41.9 Å². The highest BCUT2D eigenvalue weighted by molar-refractivity contribution is 6.24. The summed E-state index contributed by atoms with van der Waals surface area (Å²) in [5, 5.41) is 62.3. The summed E-state index contributed by atoms with van der Waals surface area (Å²) in [6, 6.07) is 1.51. The summed E-state index contributed by atoms with van der Waals surface area (Å²) in [5.41, 5.74) is 1.96. The number of hydrogen-bond donors (Lipinski definition) is 8. The number of Topliss-reactive ketones (excluding diaryl/α,β-unsaturated/α-hetero) is 2. The van der Waals surface area contributed by atoms with Crippen molar-refractivity contribution in [1.82, 2.24) is 10.2 Å². The predicted octanol–water partition coefficient (Wildman–Crippen LogP) is -0.00990. The SMILES string of the molecule is CC(C)=CCNCC(=O)Nc1ccc2c(c1O)C(O)=C1C(=O)[C@]3(O)C(O)=C(C(N)=O)C(=O)[C@@H](N(C)C)C3C(O)C1C2C. The van der Waals surface area contributed by atoms with Crippen molar-refractivity contribution >= 4 is 34.8 Å². The molecule has 2 amide bonds. The molecule has 6 atom stereocenters. The number of allylic oxidation sites excluding steroid dienone is 1. The summed E-state index contributed by atoms with van der Waals surface area (Å²) >= 11 is 0. The number of nitrogens with zero attached hydrogens (tertiary/aromatic N) is 1. The van der Waals surface area contributed by atoms with E-state index >= 15 is 0 Å². The number of aliphatic hydroxyl groups excluding tert-OH is 3. The number of phenols is 1. The van der Waals surface area contributed by atoms with Gasteiger partial charge in [0.1, 0.15) is 22.8 Å². The summed E-state index contributed by atoms with van der Waals surface area (Å²) in [7, 11) is 2.88. The minimum absolute atomic E-state index is 0.0596. The maximum atomic E-state index is 14.0. The predicted molar refractivity (Wildman–Crippen MR) is 151 cm³/mol. The Hall–Kier alpha value is -4.04. The summed E-state index contributed by atoms with van der Waals surface area (Å²) in [5.74, 6) is -10.3. The average Bonchev–Trinajstić information content (AvgIpc) is 2.89. The van der Waals surface area contributed by atoms with E-state index in [9.17, 15) is 44.7 Å².